The fraction of sp³-hybridized carbons (Fsp3) is 0.111. The molecule has 4 rings (SSSR count). The van der Waals surface area contributed by atoms with Gasteiger partial charge in [0, 0.05) is 0 Å². The molecule has 2 heterocycles. The van der Waals surface area contributed by atoms with E-state index in [9.17, 15) is 0 Å². The van der Waals surface area contributed by atoms with Gasteiger partial charge in [-0.1, -0.05) is 0 Å². The molecule has 0 radical (unpaired) electrons. The number of nitrogens with one attached hydrogen (secondary N) is 1. The maximum absolute atomic E-state index is 6.35. The third kappa shape index (κ3) is 3.94. The van der Waals surface area contributed by atoms with Gasteiger partial charge in [-0.2, -0.15) is 0 Å². The number of rotatable bonds is 4. The number of hydrazine groups is 1. The summed E-state index contributed by atoms with van der Waals surface area (Å²) in [5, 5.41) is 4.08. The molecule has 1 atom stereocenters. The van der Waals surface area contributed by atoms with Crippen LogP contribution >= 0.6 is 34.5 Å². The summed E-state index contributed by atoms with van der Waals surface area (Å²) in [7, 11) is 1.65. The topological polar surface area (TPSA) is 49.8 Å². The van der Waals surface area contributed by atoms with Crippen LogP contribution in [0.5, 0.6) is 5.75 Å². The molecular formula is C18H15AsCl2N4OS. The number of fused-ring (bicyclic) bond motifs is 1. The van der Waals surface area contributed by atoms with Gasteiger partial charge in [0.1, 0.15) is 0 Å². The maximum atomic E-state index is 6.35. The first-order valence-corrected chi connectivity index (χ1v) is 10.8. The minimum absolute atomic E-state index is 0.576. The zero-order valence-electron chi connectivity index (χ0n) is 14.2. The molecule has 0 saturated carbocycles. The molecule has 2 aromatic carbocycles. The van der Waals surface area contributed by atoms with Crippen molar-refractivity contribution < 1.29 is 4.74 Å². The Morgan fingerprint density at radius 1 is 1.22 bits per heavy atom. The monoisotopic (exact) mass is 480 g/mol. The minimum atomic E-state index is 0.576. The average Bonchev–Trinajstić information content (AvgIpc) is 3.02. The third-order valence-corrected chi connectivity index (χ3v) is 6.13. The van der Waals surface area contributed by atoms with Crippen molar-refractivity contribution in [3.63, 3.8) is 0 Å². The van der Waals surface area contributed by atoms with Crippen LogP contribution in [0.3, 0.4) is 0 Å². The van der Waals surface area contributed by atoms with E-state index >= 15 is 0 Å². The van der Waals surface area contributed by atoms with Crippen LogP contribution in [0, 0.1) is 0 Å². The predicted molar refractivity (Wildman–Crippen MR) is 115 cm³/mol. The molecule has 1 aliphatic rings. The Kier molecular flexibility index (Phi) is 5.33. The second-order valence-electron chi connectivity index (χ2n) is 5.79. The number of methoxy groups -OCH3 is 1. The Morgan fingerprint density at radius 3 is 2.74 bits per heavy atom. The fourth-order valence-corrected chi connectivity index (χ4v) is 4.93. The van der Waals surface area contributed by atoms with E-state index in [2.05, 4.69) is 10.4 Å². The van der Waals surface area contributed by atoms with E-state index in [0.29, 0.717) is 16.6 Å². The molecule has 3 aromatic rings. The number of thiazole rings is 1. The molecule has 138 valence electrons. The van der Waals surface area contributed by atoms with Crippen molar-refractivity contribution in [2.75, 3.05) is 7.11 Å². The molecule has 1 aromatic heterocycles. The van der Waals surface area contributed by atoms with E-state index in [1.54, 1.807) is 18.4 Å². The molecule has 27 heavy (non-hydrogen) atoms. The van der Waals surface area contributed by atoms with E-state index in [4.69, 9.17) is 32.9 Å². The van der Waals surface area contributed by atoms with Crippen molar-refractivity contribution in [3.05, 3.63) is 63.2 Å². The Bertz CT molecular complexity index is 1060. The molecule has 0 saturated heterocycles. The van der Waals surface area contributed by atoms with Crippen LogP contribution in [0.15, 0.2) is 47.6 Å². The van der Waals surface area contributed by atoms with Gasteiger partial charge in [0.05, 0.1) is 0 Å². The first kappa shape index (κ1) is 18.6. The number of hydrogen-bond acceptors (Lipinski definition) is 6. The van der Waals surface area contributed by atoms with Crippen LogP contribution in [0.1, 0.15) is 10.6 Å². The standard InChI is InChI=1S/C18H15AsCl2N4OS/c1-26-10-5-6-15-13(7-10)22-16(27-15)9-25-8-14(23-18(19)24-25)17-11(20)3-2-4-12(17)21/h2-8H,9,19H2,1H3,(H,23,24). The van der Waals surface area contributed by atoms with Crippen LogP contribution in [0.2, 0.25) is 10.0 Å². The number of aromatic nitrogens is 1. The Morgan fingerprint density at radius 2 is 2.00 bits per heavy atom. The number of hydrogen-bond donors (Lipinski definition) is 1. The van der Waals surface area contributed by atoms with E-state index in [1.807, 2.05) is 47.6 Å². The summed E-state index contributed by atoms with van der Waals surface area (Å²) in [6, 6.07) is 11.4. The van der Waals surface area contributed by atoms with Gasteiger partial charge >= 0.3 is 180 Å². The molecule has 0 fully saturated rings. The van der Waals surface area contributed by atoms with Crippen molar-refractivity contribution in [1.82, 2.24) is 15.4 Å². The Balaban J connectivity index is 1.64. The molecule has 0 amide bonds. The van der Waals surface area contributed by atoms with Crippen LogP contribution in [-0.4, -0.2) is 38.6 Å². The van der Waals surface area contributed by atoms with E-state index in [1.165, 1.54) is 16.9 Å². The van der Waals surface area contributed by atoms with Gasteiger partial charge in [0.25, 0.3) is 0 Å². The Hall–Kier alpha value is -1.72. The SMILES string of the molecule is COc1ccc2sc(CN3C=C(c4c(Cl)cccc4Cl)N=C([AsH2])N3)nc2c1. The molecule has 0 bridgehead atoms. The van der Waals surface area contributed by atoms with Crippen LogP contribution in [-0.2, 0) is 6.54 Å². The van der Waals surface area contributed by atoms with Gasteiger partial charge in [-0.3, -0.25) is 0 Å². The van der Waals surface area contributed by atoms with E-state index in [0.717, 1.165) is 36.9 Å². The number of amidine groups is 1. The zero-order valence-corrected chi connectivity index (χ0v) is 19.0. The van der Waals surface area contributed by atoms with Crippen LogP contribution < -0.4 is 10.2 Å². The van der Waals surface area contributed by atoms with Crippen LogP contribution in [0.4, 0.5) is 0 Å². The second-order valence-corrected chi connectivity index (χ2v) is 8.87. The summed E-state index contributed by atoms with van der Waals surface area (Å²) < 4.78 is 7.21. The van der Waals surface area contributed by atoms with Crippen molar-refractivity contribution in [2.45, 2.75) is 6.54 Å². The summed E-state index contributed by atoms with van der Waals surface area (Å²) in [6.45, 7) is 0.593. The molecule has 1 aliphatic heterocycles. The van der Waals surface area contributed by atoms with Crippen molar-refractivity contribution >= 4 is 71.9 Å². The second kappa shape index (κ2) is 7.72. The molecule has 9 heteroatoms. The summed E-state index contributed by atoms with van der Waals surface area (Å²) in [5.41, 5.74) is 5.65. The molecule has 1 N–H and O–H groups in total. The molecular weight excluding hydrogens is 466 g/mol. The third-order valence-electron chi connectivity index (χ3n) is 3.94. The summed E-state index contributed by atoms with van der Waals surface area (Å²) >= 11 is 15.7. The molecule has 1 unspecified atom stereocenters. The number of aliphatic imine (C=N–C) groups is 1. The Labute approximate surface area is 179 Å². The quantitative estimate of drug-likeness (QED) is 0.575. The zero-order chi connectivity index (χ0) is 19.0. The van der Waals surface area contributed by atoms with Crippen molar-refractivity contribution in [1.29, 1.82) is 0 Å². The van der Waals surface area contributed by atoms with Gasteiger partial charge in [-0.15, -0.1) is 0 Å². The van der Waals surface area contributed by atoms with Gasteiger partial charge in [-0.25, -0.2) is 0 Å². The predicted octanol–water partition coefficient (Wildman–Crippen LogP) is 3.92. The summed E-state index contributed by atoms with van der Waals surface area (Å²) in [4.78, 5) is 9.30. The van der Waals surface area contributed by atoms with Crippen LogP contribution in [0.25, 0.3) is 15.9 Å². The van der Waals surface area contributed by atoms with Crippen molar-refractivity contribution in [2.24, 2.45) is 4.99 Å². The van der Waals surface area contributed by atoms with Crippen molar-refractivity contribution in [3.8, 4) is 5.75 Å². The number of benzene rings is 2. The molecule has 0 spiro atoms. The first-order valence-electron chi connectivity index (χ1n) is 8.00. The van der Waals surface area contributed by atoms with E-state index < -0.39 is 0 Å². The normalized spacial score (nSPS) is 14.0. The molecule has 0 aliphatic carbocycles. The van der Waals surface area contributed by atoms with Gasteiger partial charge in [0.2, 0.25) is 0 Å². The molecule has 5 nitrogen and oxygen atoms in total. The first-order chi connectivity index (χ1) is 13.0. The van der Waals surface area contributed by atoms with E-state index in [-0.39, 0.29) is 0 Å². The number of halogens is 2. The average molecular weight is 481 g/mol. The summed E-state index contributed by atoms with van der Waals surface area (Å²) in [6.07, 6.45) is 1.91. The summed E-state index contributed by atoms with van der Waals surface area (Å²) in [5.74, 6) is 0.802. The number of ether oxygens (including phenoxy) is 1. The van der Waals surface area contributed by atoms with Gasteiger partial charge < -0.3 is 0 Å². The fourth-order valence-electron chi connectivity index (χ4n) is 2.75. The van der Waals surface area contributed by atoms with Gasteiger partial charge in [0.15, 0.2) is 0 Å². The number of nitrogens with zero attached hydrogens (tertiary/aromatic N) is 3. The van der Waals surface area contributed by atoms with Gasteiger partial charge in [-0.05, 0) is 0 Å².